The van der Waals surface area contributed by atoms with Crippen molar-refractivity contribution in [2.75, 3.05) is 12.3 Å². The number of amides is 3. The molecule has 3 amide bonds. The highest BCUT2D eigenvalue weighted by atomic mass is 32.1. The van der Waals surface area contributed by atoms with Crippen LogP contribution in [0.1, 0.15) is 38.7 Å². The number of hydrogen-bond acceptors (Lipinski definition) is 6. The van der Waals surface area contributed by atoms with Crippen LogP contribution in [0.15, 0.2) is 30.3 Å². The van der Waals surface area contributed by atoms with Crippen molar-refractivity contribution in [2.24, 2.45) is 11.7 Å². The van der Waals surface area contributed by atoms with Crippen molar-refractivity contribution in [3.63, 3.8) is 0 Å². The summed E-state index contributed by atoms with van der Waals surface area (Å²) in [5, 5.41) is 14.6. The molecule has 0 spiro atoms. The van der Waals surface area contributed by atoms with Crippen molar-refractivity contribution in [3.8, 4) is 0 Å². The number of benzene rings is 1. The van der Waals surface area contributed by atoms with Crippen LogP contribution in [0.3, 0.4) is 0 Å². The zero-order valence-electron chi connectivity index (χ0n) is 19.1. The summed E-state index contributed by atoms with van der Waals surface area (Å²) < 4.78 is 0. The van der Waals surface area contributed by atoms with Crippen molar-refractivity contribution in [1.29, 1.82) is 0 Å². The van der Waals surface area contributed by atoms with Gasteiger partial charge in [0.2, 0.25) is 17.7 Å². The van der Waals surface area contributed by atoms with Gasteiger partial charge in [-0.05, 0) is 30.7 Å². The number of thiol groups is 1. The molecule has 10 heteroatoms. The highest BCUT2D eigenvalue weighted by Gasteiger charge is 2.37. The third-order valence-electron chi connectivity index (χ3n) is 5.59. The third-order valence-corrected chi connectivity index (χ3v) is 5.96. The molecule has 1 aliphatic heterocycles. The molecule has 0 aromatic heterocycles. The van der Waals surface area contributed by atoms with Crippen LogP contribution in [-0.2, 0) is 25.6 Å². The molecule has 182 valence electrons. The second-order valence-electron chi connectivity index (χ2n) is 8.76. The maximum Gasteiger partial charge on any atom is 0.326 e. The van der Waals surface area contributed by atoms with E-state index in [-0.39, 0.29) is 24.0 Å². The smallest absolute Gasteiger partial charge is 0.326 e. The van der Waals surface area contributed by atoms with Gasteiger partial charge in [0, 0.05) is 18.7 Å². The van der Waals surface area contributed by atoms with Gasteiger partial charge in [-0.3, -0.25) is 14.4 Å². The largest absolute Gasteiger partial charge is 0.480 e. The molecule has 4 atom stereocenters. The van der Waals surface area contributed by atoms with Gasteiger partial charge in [0.05, 0.1) is 6.04 Å². The molecule has 1 saturated heterocycles. The molecule has 1 heterocycles. The highest BCUT2D eigenvalue weighted by Crippen LogP contribution is 2.20. The number of nitrogens with two attached hydrogens (primary N) is 1. The predicted octanol–water partition coefficient (Wildman–Crippen LogP) is 0.578. The summed E-state index contributed by atoms with van der Waals surface area (Å²) in [6, 6.07) is 5.34. The van der Waals surface area contributed by atoms with Gasteiger partial charge >= 0.3 is 5.97 Å². The molecular weight excluding hydrogens is 444 g/mol. The topological polar surface area (TPSA) is 142 Å². The first-order valence-electron chi connectivity index (χ1n) is 11.2. The second-order valence-corrected chi connectivity index (χ2v) is 9.12. The molecule has 9 nitrogen and oxygen atoms in total. The standard InChI is InChI=1S/C23H34N4O5S/c1-14(2)11-16(24)22(30)27-10-6-9-19(27)21(29)26-18(13-33)20(28)25-17(23(31)32)12-15-7-4-3-5-8-15/h3-5,7-8,14,16-19,33H,6,9-13,24H2,1-2H3,(H,25,28)(H,26,29)(H,31,32). The Bertz CT molecular complexity index is 835. The zero-order chi connectivity index (χ0) is 24.5. The number of likely N-dealkylation sites (tertiary alicyclic amines) is 1. The van der Waals surface area contributed by atoms with Crippen LogP contribution in [0.25, 0.3) is 0 Å². The number of carboxylic acid groups (broad SMARTS) is 1. The summed E-state index contributed by atoms with van der Waals surface area (Å²) >= 11 is 4.16. The van der Waals surface area contributed by atoms with E-state index in [9.17, 15) is 24.3 Å². The highest BCUT2D eigenvalue weighted by molar-refractivity contribution is 7.80. The van der Waals surface area contributed by atoms with Crippen LogP contribution in [-0.4, -0.2) is 70.2 Å². The minimum absolute atomic E-state index is 0.0250. The van der Waals surface area contributed by atoms with E-state index in [1.54, 1.807) is 24.3 Å². The molecule has 0 radical (unpaired) electrons. The lowest BCUT2D eigenvalue weighted by molar-refractivity contribution is -0.143. The lowest BCUT2D eigenvalue weighted by atomic mass is 10.0. The summed E-state index contributed by atoms with van der Waals surface area (Å²) in [6.07, 6.45) is 1.75. The number of nitrogens with zero attached hydrogens (tertiary/aromatic N) is 1. The van der Waals surface area contributed by atoms with Gasteiger partial charge in [0.15, 0.2) is 0 Å². The molecule has 0 saturated carbocycles. The molecule has 33 heavy (non-hydrogen) atoms. The zero-order valence-corrected chi connectivity index (χ0v) is 20.0. The average Bonchev–Trinajstić information content (AvgIpc) is 3.26. The number of carboxylic acids is 1. The van der Waals surface area contributed by atoms with Crippen LogP contribution in [0.5, 0.6) is 0 Å². The molecule has 4 unspecified atom stereocenters. The SMILES string of the molecule is CC(C)CC(N)C(=O)N1CCCC1C(=O)NC(CS)C(=O)NC(Cc1ccccc1)C(=O)O. The van der Waals surface area contributed by atoms with Gasteiger partial charge in [-0.1, -0.05) is 44.2 Å². The van der Waals surface area contributed by atoms with Gasteiger partial charge in [0.25, 0.3) is 0 Å². The van der Waals surface area contributed by atoms with Gasteiger partial charge in [-0.15, -0.1) is 0 Å². The van der Waals surface area contributed by atoms with E-state index in [4.69, 9.17) is 5.73 Å². The van der Waals surface area contributed by atoms with E-state index < -0.39 is 42.0 Å². The number of carbonyl (C=O) groups is 4. The van der Waals surface area contributed by atoms with E-state index in [2.05, 4.69) is 23.3 Å². The Hall–Kier alpha value is -2.59. The van der Waals surface area contributed by atoms with Gasteiger partial charge in [-0.2, -0.15) is 12.6 Å². The molecule has 2 rings (SSSR count). The van der Waals surface area contributed by atoms with Crippen molar-refractivity contribution in [3.05, 3.63) is 35.9 Å². The van der Waals surface area contributed by atoms with Crippen LogP contribution in [0.4, 0.5) is 0 Å². The summed E-state index contributed by atoms with van der Waals surface area (Å²) in [7, 11) is 0. The van der Waals surface area contributed by atoms with Crippen molar-refractivity contribution in [2.45, 2.75) is 63.7 Å². The first-order chi connectivity index (χ1) is 15.6. The van der Waals surface area contributed by atoms with E-state index >= 15 is 0 Å². The Morgan fingerprint density at radius 1 is 1.15 bits per heavy atom. The van der Waals surface area contributed by atoms with Crippen LogP contribution in [0, 0.1) is 5.92 Å². The first kappa shape index (κ1) is 26.7. The van der Waals surface area contributed by atoms with E-state index in [1.165, 1.54) is 4.90 Å². The van der Waals surface area contributed by atoms with E-state index in [0.717, 1.165) is 5.56 Å². The normalized spacial score (nSPS) is 18.5. The molecule has 0 aliphatic carbocycles. The molecule has 1 fully saturated rings. The average molecular weight is 479 g/mol. The molecule has 1 aromatic rings. The van der Waals surface area contributed by atoms with Crippen LogP contribution in [0.2, 0.25) is 0 Å². The minimum Gasteiger partial charge on any atom is -0.480 e. The number of nitrogens with one attached hydrogen (secondary N) is 2. The maximum absolute atomic E-state index is 12.9. The Labute approximate surface area is 199 Å². The number of aliphatic carboxylic acids is 1. The lowest BCUT2D eigenvalue weighted by Crippen LogP contribution is -2.57. The van der Waals surface area contributed by atoms with Gasteiger partial charge in [-0.25, -0.2) is 4.79 Å². The lowest BCUT2D eigenvalue weighted by Gasteiger charge is -2.28. The Morgan fingerprint density at radius 2 is 1.82 bits per heavy atom. The molecule has 1 aromatic carbocycles. The monoisotopic (exact) mass is 478 g/mol. The number of hydrogen-bond donors (Lipinski definition) is 5. The van der Waals surface area contributed by atoms with E-state index in [1.807, 2.05) is 19.9 Å². The summed E-state index contributed by atoms with van der Waals surface area (Å²) in [5.74, 6) is -2.35. The molecule has 0 bridgehead atoms. The van der Waals surface area contributed by atoms with Gasteiger partial charge in [0.1, 0.15) is 18.1 Å². The van der Waals surface area contributed by atoms with Crippen LogP contribution >= 0.6 is 12.6 Å². The summed E-state index contributed by atoms with van der Waals surface area (Å²) in [6.45, 7) is 4.37. The Morgan fingerprint density at radius 3 is 2.39 bits per heavy atom. The fourth-order valence-corrected chi connectivity index (χ4v) is 4.17. The van der Waals surface area contributed by atoms with Crippen molar-refractivity contribution in [1.82, 2.24) is 15.5 Å². The van der Waals surface area contributed by atoms with Crippen molar-refractivity contribution >= 4 is 36.3 Å². The number of rotatable bonds is 11. The minimum atomic E-state index is -1.18. The fourth-order valence-electron chi connectivity index (χ4n) is 3.91. The molecule has 5 N–H and O–H groups in total. The quantitative estimate of drug-likeness (QED) is 0.295. The fraction of sp³-hybridized carbons (Fsp3) is 0.565. The number of carbonyl (C=O) groups excluding carboxylic acids is 3. The Kier molecular flexibility index (Phi) is 10.2. The third kappa shape index (κ3) is 7.75. The Balaban J connectivity index is 2.01. The van der Waals surface area contributed by atoms with E-state index in [0.29, 0.717) is 25.8 Å². The van der Waals surface area contributed by atoms with Gasteiger partial charge < -0.3 is 26.4 Å². The predicted molar refractivity (Wildman–Crippen MR) is 128 cm³/mol. The molecule has 1 aliphatic rings. The second kappa shape index (κ2) is 12.6. The summed E-state index contributed by atoms with van der Waals surface area (Å²) in [5.41, 5.74) is 6.79. The summed E-state index contributed by atoms with van der Waals surface area (Å²) in [4.78, 5) is 51.5. The van der Waals surface area contributed by atoms with Crippen molar-refractivity contribution < 1.29 is 24.3 Å². The molecular formula is C23H34N4O5S. The first-order valence-corrected chi connectivity index (χ1v) is 11.8. The maximum atomic E-state index is 12.9. The van der Waals surface area contributed by atoms with Crippen LogP contribution < -0.4 is 16.4 Å².